The summed E-state index contributed by atoms with van der Waals surface area (Å²) in [5.74, 6) is 1.22. The van der Waals surface area contributed by atoms with E-state index in [1.165, 1.54) is 5.56 Å². The van der Waals surface area contributed by atoms with Crippen molar-refractivity contribution in [1.29, 1.82) is 0 Å². The maximum atomic E-state index is 9.76. The number of anilines is 3. The van der Waals surface area contributed by atoms with E-state index in [-0.39, 0.29) is 12.2 Å². The summed E-state index contributed by atoms with van der Waals surface area (Å²) in [6.07, 6.45) is 4.26. The molecule has 2 saturated heterocycles. The van der Waals surface area contributed by atoms with E-state index in [2.05, 4.69) is 32.3 Å². The first-order valence-corrected chi connectivity index (χ1v) is 11.9. The molecule has 8 nitrogen and oxygen atoms in total. The van der Waals surface area contributed by atoms with Crippen molar-refractivity contribution in [3.05, 3.63) is 60.3 Å². The molecule has 1 aromatic heterocycles. The molecule has 8 heteroatoms. The number of likely N-dealkylation sites (tertiary alicyclic amines) is 1. The van der Waals surface area contributed by atoms with Crippen LogP contribution < -0.4 is 15.8 Å². The number of rotatable bonds is 7. The van der Waals surface area contributed by atoms with Crippen molar-refractivity contribution >= 4 is 17.3 Å². The molecule has 0 amide bonds. The quantitative estimate of drug-likeness (QED) is 0.459. The van der Waals surface area contributed by atoms with Gasteiger partial charge in [-0.2, -0.15) is 0 Å². The minimum absolute atomic E-state index is 0.142. The van der Waals surface area contributed by atoms with Gasteiger partial charge in [-0.15, -0.1) is 0 Å². The SMILES string of the molecule is Nc1cc(-c2ccnc(Nc3cccc(CN4CCC(O)C4)c3)n2)ccc1OC1CCOCC1. The summed E-state index contributed by atoms with van der Waals surface area (Å²) in [7, 11) is 0. The lowest BCUT2D eigenvalue weighted by molar-refractivity contribution is 0.0259. The number of nitrogens with zero attached hydrogens (tertiary/aromatic N) is 3. The van der Waals surface area contributed by atoms with Crippen LogP contribution in [0.5, 0.6) is 5.75 Å². The summed E-state index contributed by atoms with van der Waals surface area (Å²) in [6, 6.07) is 15.9. The molecule has 2 fully saturated rings. The van der Waals surface area contributed by atoms with Crippen LogP contribution in [0, 0.1) is 0 Å². The lowest BCUT2D eigenvalue weighted by Gasteiger charge is -2.24. The molecule has 0 aliphatic carbocycles. The van der Waals surface area contributed by atoms with E-state index in [4.69, 9.17) is 15.2 Å². The van der Waals surface area contributed by atoms with Gasteiger partial charge < -0.3 is 25.6 Å². The highest BCUT2D eigenvalue weighted by molar-refractivity contribution is 5.69. The zero-order valence-corrected chi connectivity index (χ0v) is 19.2. The molecule has 2 aliphatic rings. The van der Waals surface area contributed by atoms with Gasteiger partial charge in [-0.25, -0.2) is 9.97 Å². The van der Waals surface area contributed by atoms with Crippen molar-refractivity contribution in [3.8, 4) is 17.0 Å². The fourth-order valence-electron chi connectivity index (χ4n) is 4.46. The lowest BCUT2D eigenvalue weighted by Crippen LogP contribution is -2.26. The van der Waals surface area contributed by atoms with Crippen LogP contribution in [-0.4, -0.2) is 58.5 Å². The van der Waals surface area contributed by atoms with Crippen LogP contribution in [0.1, 0.15) is 24.8 Å². The summed E-state index contributed by atoms with van der Waals surface area (Å²) < 4.78 is 11.5. The van der Waals surface area contributed by atoms with Crippen LogP contribution in [0.15, 0.2) is 54.7 Å². The molecule has 34 heavy (non-hydrogen) atoms. The monoisotopic (exact) mass is 461 g/mol. The molecular formula is C26H31N5O3. The Hall–Kier alpha value is -3.20. The number of nitrogens with one attached hydrogen (secondary N) is 1. The predicted octanol–water partition coefficient (Wildman–Crippen LogP) is 3.59. The molecule has 2 aromatic carbocycles. The van der Waals surface area contributed by atoms with E-state index in [9.17, 15) is 5.11 Å². The third-order valence-electron chi connectivity index (χ3n) is 6.26. The van der Waals surface area contributed by atoms with Gasteiger partial charge >= 0.3 is 0 Å². The molecule has 0 bridgehead atoms. The number of β-amino-alcohol motifs (C(OH)–C–C–N with tert-alkyl or cyclic N) is 1. The molecule has 1 atom stereocenters. The third-order valence-corrected chi connectivity index (χ3v) is 6.26. The molecule has 178 valence electrons. The molecule has 4 N–H and O–H groups in total. The van der Waals surface area contributed by atoms with Gasteiger partial charge in [0.1, 0.15) is 11.9 Å². The molecule has 3 aromatic rings. The van der Waals surface area contributed by atoms with Crippen LogP contribution >= 0.6 is 0 Å². The molecule has 1 unspecified atom stereocenters. The Bertz CT molecular complexity index is 1120. The second-order valence-corrected chi connectivity index (χ2v) is 8.95. The van der Waals surface area contributed by atoms with E-state index < -0.39 is 0 Å². The second-order valence-electron chi connectivity index (χ2n) is 8.95. The molecule has 0 spiro atoms. The highest BCUT2D eigenvalue weighted by Gasteiger charge is 2.20. The molecule has 5 rings (SSSR count). The van der Waals surface area contributed by atoms with Crippen LogP contribution in [0.25, 0.3) is 11.3 Å². The predicted molar refractivity (Wildman–Crippen MR) is 132 cm³/mol. The van der Waals surface area contributed by atoms with Crippen LogP contribution in [-0.2, 0) is 11.3 Å². The molecular weight excluding hydrogens is 430 g/mol. The van der Waals surface area contributed by atoms with E-state index in [1.807, 2.05) is 36.4 Å². The number of hydrogen-bond donors (Lipinski definition) is 3. The Morgan fingerprint density at radius 1 is 1.12 bits per heavy atom. The van der Waals surface area contributed by atoms with Crippen molar-refractivity contribution < 1.29 is 14.6 Å². The van der Waals surface area contributed by atoms with E-state index >= 15 is 0 Å². The van der Waals surface area contributed by atoms with Crippen molar-refractivity contribution in [1.82, 2.24) is 14.9 Å². The van der Waals surface area contributed by atoms with Gasteiger partial charge in [-0.3, -0.25) is 4.90 Å². The van der Waals surface area contributed by atoms with Gasteiger partial charge in [-0.1, -0.05) is 12.1 Å². The van der Waals surface area contributed by atoms with Crippen molar-refractivity contribution in [2.45, 2.75) is 38.0 Å². The van der Waals surface area contributed by atoms with Crippen LogP contribution in [0.3, 0.4) is 0 Å². The zero-order valence-electron chi connectivity index (χ0n) is 19.2. The van der Waals surface area contributed by atoms with Gasteiger partial charge in [0.15, 0.2) is 0 Å². The largest absolute Gasteiger partial charge is 0.488 e. The van der Waals surface area contributed by atoms with Crippen LogP contribution in [0.4, 0.5) is 17.3 Å². The lowest BCUT2D eigenvalue weighted by atomic mass is 10.1. The first-order chi connectivity index (χ1) is 16.6. The Balaban J connectivity index is 1.26. The van der Waals surface area contributed by atoms with Gasteiger partial charge in [-0.05, 0) is 48.4 Å². The number of aliphatic hydroxyl groups is 1. The Labute approximate surface area is 199 Å². The Morgan fingerprint density at radius 2 is 2.00 bits per heavy atom. The van der Waals surface area contributed by atoms with Gasteiger partial charge in [0.2, 0.25) is 5.95 Å². The topological polar surface area (TPSA) is 106 Å². The van der Waals surface area contributed by atoms with Gasteiger partial charge in [0.05, 0.1) is 30.7 Å². The number of hydrogen-bond acceptors (Lipinski definition) is 8. The van der Waals surface area contributed by atoms with Crippen LogP contribution in [0.2, 0.25) is 0 Å². The van der Waals surface area contributed by atoms with E-state index in [1.54, 1.807) is 6.20 Å². The fraction of sp³-hybridized carbons (Fsp3) is 0.385. The number of nitrogen functional groups attached to an aromatic ring is 1. The summed E-state index contributed by atoms with van der Waals surface area (Å²) in [4.78, 5) is 11.3. The van der Waals surface area contributed by atoms with Crippen molar-refractivity contribution in [2.75, 3.05) is 37.4 Å². The maximum absolute atomic E-state index is 9.76. The van der Waals surface area contributed by atoms with E-state index in [0.29, 0.717) is 17.4 Å². The first kappa shape index (κ1) is 22.6. The summed E-state index contributed by atoms with van der Waals surface area (Å²) in [5.41, 5.74) is 10.7. The standard InChI is InChI=1S/C26H31N5O3/c27-23-15-19(4-5-25(23)34-22-8-12-33-13-9-22)24-6-10-28-26(30-24)29-20-3-1-2-18(14-20)16-31-11-7-21(32)17-31/h1-6,10,14-15,21-22,32H,7-9,11-13,16-17,27H2,(H,28,29,30). The van der Waals surface area contributed by atoms with Crippen molar-refractivity contribution in [2.24, 2.45) is 0 Å². The number of ether oxygens (including phenoxy) is 2. The molecule has 3 heterocycles. The molecule has 2 aliphatic heterocycles. The minimum atomic E-state index is -0.214. The maximum Gasteiger partial charge on any atom is 0.227 e. The van der Waals surface area contributed by atoms with Gasteiger partial charge in [0, 0.05) is 49.9 Å². The fourth-order valence-corrected chi connectivity index (χ4v) is 4.46. The average molecular weight is 462 g/mol. The minimum Gasteiger partial charge on any atom is -0.488 e. The van der Waals surface area contributed by atoms with E-state index in [0.717, 1.165) is 69.1 Å². The Kier molecular flexibility index (Phi) is 6.89. The summed E-state index contributed by atoms with van der Waals surface area (Å²) >= 11 is 0. The number of aromatic nitrogens is 2. The number of aliphatic hydroxyl groups excluding tert-OH is 1. The summed E-state index contributed by atoms with van der Waals surface area (Å²) in [5, 5.41) is 13.1. The normalized spacial score (nSPS) is 19.3. The molecule has 0 radical (unpaired) electrons. The Morgan fingerprint density at radius 3 is 2.79 bits per heavy atom. The average Bonchev–Trinajstić information content (AvgIpc) is 3.26. The van der Waals surface area contributed by atoms with Gasteiger partial charge in [0.25, 0.3) is 0 Å². The third kappa shape index (κ3) is 5.64. The van der Waals surface area contributed by atoms with Crippen molar-refractivity contribution in [3.63, 3.8) is 0 Å². The summed E-state index contributed by atoms with van der Waals surface area (Å²) in [6.45, 7) is 3.92. The highest BCUT2D eigenvalue weighted by Crippen LogP contribution is 2.30. The zero-order chi connectivity index (χ0) is 23.3. The smallest absolute Gasteiger partial charge is 0.227 e. The first-order valence-electron chi connectivity index (χ1n) is 11.9. The second kappa shape index (κ2) is 10.4. The molecule has 0 saturated carbocycles. The number of benzene rings is 2. The highest BCUT2D eigenvalue weighted by atomic mass is 16.5. The number of nitrogens with two attached hydrogens (primary N) is 1.